The van der Waals surface area contributed by atoms with Gasteiger partial charge in [-0.1, -0.05) is 23.9 Å². The molecule has 0 aliphatic carbocycles. The molecule has 7 nitrogen and oxygen atoms in total. The highest BCUT2D eigenvalue weighted by Crippen LogP contribution is 2.39. The van der Waals surface area contributed by atoms with E-state index in [1.165, 1.54) is 0 Å². The number of hydrogen-bond acceptors (Lipinski definition) is 8. The largest absolute Gasteiger partial charge is 0.364 e. The van der Waals surface area contributed by atoms with Crippen LogP contribution in [0.2, 0.25) is 0 Å². The number of amides is 1. The zero-order valence-corrected chi connectivity index (χ0v) is 15.6. The Hall–Kier alpha value is -0.970. The van der Waals surface area contributed by atoms with Gasteiger partial charge in [-0.15, -0.1) is 11.8 Å². The van der Waals surface area contributed by atoms with Crippen molar-refractivity contribution in [1.82, 2.24) is 21.5 Å². The maximum atomic E-state index is 12.7. The maximum absolute atomic E-state index is 12.7. The first-order chi connectivity index (χ1) is 12.2. The standard InChI is InChI=1S/C16H23N5O2S2/c1-2-23-16-18-12(20-21-16)9-7-8-24-14(9)19-13(22)15-17-10-5-3-4-6-11(10)25-15/h3-6,9,12,14-18,20-21H,2,7-8H2,1H3,(H,19,22). The number of hydrazine groups is 1. The van der Waals surface area contributed by atoms with Crippen molar-refractivity contribution in [2.75, 3.05) is 17.7 Å². The molecule has 2 fully saturated rings. The molecule has 0 bridgehead atoms. The Morgan fingerprint density at radius 3 is 3.08 bits per heavy atom. The fourth-order valence-electron chi connectivity index (χ4n) is 3.32. The zero-order chi connectivity index (χ0) is 17.2. The lowest BCUT2D eigenvalue weighted by molar-refractivity contribution is -0.120. The molecule has 25 heavy (non-hydrogen) atoms. The molecular formula is C16H23N5O2S2. The third kappa shape index (κ3) is 3.76. The van der Waals surface area contributed by atoms with Gasteiger partial charge in [-0.25, -0.2) is 10.9 Å². The van der Waals surface area contributed by atoms with Gasteiger partial charge in [-0.05, 0) is 31.2 Å². The Balaban J connectivity index is 1.33. The van der Waals surface area contributed by atoms with Crippen LogP contribution >= 0.6 is 23.5 Å². The van der Waals surface area contributed by atoms with Crippen molar-refractivity contribution >= 4 is 35.1 Å². The molecule has 1 aromatic carbocycles. The first-order valence-corrected chi connectivity index (χ1v) is 10.5. The fraction of sp³-hybridized carbons (Fsp3) is 0.562. The second-order valence-corrected chi connectivity index (χ2v) is 8.56. The lowest BCUT2D eigenvalue weighted by Crippen LogP contribution is -2.50. The summed E-state index contributed by atoms with van der Waals surface area (Å²) in [5, 5.41) is 9.73. The van der Waals surface area contributed by atoms with E-state index in [1.54, 1.807) is 23.5 Å². The van der Waals surface area contributed by atoms with Crippen LogP contribution in [0.25, 0.3) is 0 Å². The van der Waals surface area contributed by atoms with Gasteiger partial charge in [0.05, 0.1) is 11.5 Å². The molecule has 5 N–H and O–H groups in total. The average Bonchev–Trinajstić information content (AvgIpc) is 3.33. The number of nitrogens with one attached hydrogen (secondary N) is 5. The highest BCUT2D eigenvalue weighted by atomic mass is 32.2. The number of ether oxygens (including phenoxy) is 1. The first-order valence-electron chi connectivity index (χ1n) is 8.57. The minimum absolute atomic E-state index is 0.0397. The fourth-order valence-corrected chi connectivity index (χ4v) is 5.74. The number of carbonyl (C=O) groups excluding carboxylic acids is 1. The second kappa shape index (κ2) is 7.73. The molecule has 5 atom stereocenters. The summed E-state index contributed by atoms with van der Waals surface area (Å²) in [6.45, 7) is 2.61. The molecule has 0 saturated carbocycles. The Morgan fingerprint density at radius 2 is 2.24 bits per heavy atom. The van der Waals surface area contributed by atoms with E-state index in [4.69, 9.17) is 4.74 Å². The molecule has 0 radical (unpaired) electrons. The highest BCUT2D eigenvalue weighted by Gasteiger charge is 2.40. The van der Waals surface area contributed by atoms with Crippen molar-refractivity contribution in [3.8, 4) is 0 Å². The molecule has 4 rings (SSSR count). The predicted molar refractivity (Wildman–Crippen MR) is 101 cm³/mol. The number of hydrogen-bond donors (Lipinski definition) is 5. The van der Waals surface area contributed by atoms with Gasteiger partial charge in [-0.2, -0.15) is 0 Å². The van der Waals surface area contributed by atoms with Crippen LogP contribution in [-0.2, 0) is 9.53 Å². The number of para-hydroxylation sites is 1. The molecule has 1 amide bonds. The summed E-state index contributed by atoms with van der Waals surface area (Å²) >= 11 is 3.38. The normalized spacial score (nSPS) is 33.9. The molecule has 136 valence electrons. The number of anilines is 1. The lowest BCUT2D eigenvalue weighted by atomic mass is 10.0. The van der Waals surface area contributed by atoms with E-state index in [0.29, 0.717) is 12.5 Å². The van der Waals surface area contributed by atoms with Crippen LogP contribution in [0.5, 0.6) is 0 Å². The first kappa shape index (κ1) is 17.4. The van der Waals surface area contributed by atoms with Crippen LogP contribution in [0.4, 0.5) is 5.69 Å². The van der Waals surface area contributed by atoms with E-state index in [-0.39, 0.29) is 29.2 Å². The number of carbonyl (C=O) groups is 1. The topological polar surface area (TPSA) is 86.5 Å². The van der Waals surface area contributed by atoms with Crippen molar-refractivity contribution in [2.24, 2.45) is 5.92 Å². The molecule has 9 heteroatoms. The average molecular weight is 382 g/mol. The van der Waals surface area contributed by atoms with Gasteiger partial charge in [0, 0.05) is 23.1 Å². The lowest BCUT2D eigenvalue weighted by Gasteiger charge is -2.26. The molecule has 2 saturated heterocycles. The Bertz CT molecular complexity index is 609. The van der Waals surface area contributed by atoms with Gasteiger partial charge in [0.2, 0.25) is 0 Å². The van der Waals surface area contributed by atoms with E-state index in [0.717, 1.165) is 22.8 Å². The molecular weight excluding hydrogens is 358 g/mol. The predicted octanol–water partition coefficient (Wildman–Crippen LogP) is 1.07. The maximum Gasteiger partial charge on any atom is 0.254 e. The van der Waals surface area contributed by atoms with Crippen LogP contribution in [0.3, 0.4) is 0 Å². The summed E-state index contributed by atoms with van der Waals surface area (Å²) in [7, 11) is 0. The SMILES string of the molecule is CCOC1NNC(C2CCSC2NC(=O)C2Nc3ccccc3S2)N1. The smallest absolute Gasteiger partial charge is 0.254 e. The van der Waals surface area contributed by atoms with Crippen molar-refractivity contribution in [3.05, 3.63) is 24.3 Å². The number of benzene rings is 1. The molecule has 0 aromatic heterocycles. The third-order valence-electron chi connectivity index (χ3n) is 4.54. The molecule has 5 unspecified atom stereocenters. The molecule has 3 aliphatic heterocycles. The van der Waals surface area contributed by atoms with Crippen LogP contribution in [0, 0.1) is 5.92 Å². The molecule has 0 spiro atoms. The van der Waals surface area contributed by atoms with Crippen LogP contribution in [-0.4, -0.2) is 41.5 Å². The Morgan fingerprint density at radius 1 is 1.36 bits per heavy atom. The van der Waals surface area contributed by atoms with Crippen LogP contribution in [0.1, 0.15) is 13.3 Å². The summed E-state index contributed by atoms with van der Waals surface area (Å²) < 4.78 is 5.53. The quantitative estimate of drug-likeness (QED) is 0.518. The van der Waals surface area contributed by atoms with Gasteiger partial charge in [0.1, 0.15) is 0 Å². The summed E-state index contributed by atoms with van der Waals surface area (Å²) in [5.74, 6) is 1.39. The van der Waals surface area contributed by atoms with Gasteiger partial charge in [0.25, 0.3) is 5.91 Å². The van der Waals surface area contributed by atoms with Gasteiger partial charge in [-0.3, -0.25) is 10.1 Å². The van der Waals surface area contributed by atoms with Gasteiger partial charge >= 0.3 is 0 Å². The second-order valence-electron chi connectivity index (χ2n) is 6.16. The van der Waals surface area contributed by atoms with E-state index < -0.39 is 0 Å². The zero-order valence-electron chi connectivity index (χ0n) is 14.0. The number of fused-ring (bicyclic) bond motifs is 1. The van der Waals surface area contributed by atoms with Gasteiger partial charge in [0.15, 0.2) is 11.7 Å². The van der Waals surface area contributed by atoms with E-state index >= 15 is 0 Å². The van der Waals surface area contributed by atoms with E-state index in [2.05, 4.69) is 26.8 Å². The van der Waals surface area contributed by atoms with Crippen LogP contribution < -0.4 is 26.8 Å². The summed E-state index contributed by atoms with van der Waals surface area (Å²) in [5.41, 5.74) is 7.39. The molecule has 3 heterocycles. The summed E-state index contributed by atoms with van der Waals surface area (Å²) in [6, 6.07) is 8.03. The van der Waals surface area contributed by atoms with Crippen molar-refractivity contribution in [1.29, 1.82) is 0 Å². The minimum Gasteiger partial charge on any atom is -0.364 e. The summed E-state index contributed by atoms with van der Waals surface area (Å²) in [4.78, 5) is 13.8. The minimum atomic E-state index is -0.266. The molecule has 3 aliphatic rings. The highest BCUT2D eigenvalue weighted by molar-refractivity contribution is 8.01. The number of rotatable bonds is 5. The Labute approximate surface area is 155 Å². The molecule has 1 aromatic rings. The monoisotopic (exact) mass is 381 g/mol. The number of thioether (sulfide) groups is 2. The van der Waals surface area contributed by atoms with E-state index in [9.17, 15) is 4.79 Å². The van der Waals surface area contributed by atoms with E-state index in [1.807, 2.05) is 31.2 Å². The summed E-state index contributed by atoms with van der Waals surface area (Å²) in [6.07, 6.45) is 0.948. The van der Waals surface area contributed by atoms with Gasteiger partial charge < -0.3 is 15.4 Å². The Kier molecular flexibility index (Phi) is 5.39. The van der Waals surface area contributed by atoms with Crippen LogP contribution in [0.15, 0.2) is 29.2 Å². The van der Waals surface area contributed by atoms with Crippen molar-refractivity contribution in [2.45, 2.75) is 41.5 Å². The van der Waals surface area contributed by atoms with Crippen molar-refractivity contribution in [3.63, 3.8) is 0 Å². The third-order valence-corrected chi connectivity index (χ3v) is 7.02. The van der Waals surface area contributed by atoms with Crippen molar-refractivity contribution < 1.29 is 9.53 Å².